The number of aromatic nitrogens is 1. The Hall–Kier alpha value is -3.81. The van der Waals surface area contributed by atoms with Gasteiger partial charge < -0.3 is 9.64 Å². The Bertz CT molecular complexity index is 1370. The van der Waals surface area contributed by atoms with Crippen LogP contribution in [0.5, 0.6) is 5.75 Å². The lowest BCUT2D eigenvalue weighted by atomic mass is 10.1. The van der Waals surface area contributed by atoms with E-state index in [-0.39, 0.29) is 11.7 Å². The average molecular weight is 527 g/mol. The molecule has 0 saturated carbocycles. The highest BCUT2D eigenvalue weighted by molar-refractivity contribution is 5.79. The quantitative estimate of drug-likeness (QED) is 0.298. The molecule has 0 unspecified atom stereocenters. The topological polar surface area (TPSA) is 48.9 Å². The van der Waals surface area contributed by atoms with Crippen LogP contribution in [0.2, 0.25) is 0 Å². The third-order valence-corrected chi connectivity index (χ3v) is 7.17. The molecular weight excluding hydrogens is 491 g/mol. The van der Waals surface area contributed by atoms with E-state index in [9.17, 15) is 9.18 Å². The second kappa shape index (κ2) is 12.8. The van der Waals surface area contributed by atoms with Gasteiger partial charge in [-0.05, 0) is 66.2 Å². The lowest BCUT2D eigenvalue weighted by Crippen LogP contribution is -2.49. The van der Waals surface area contributed by atoms with Crippen molar-refractivity contribution in [1.29, 1.82) is 0 Å². The van der Waals surface area contributed by atoms with Gasteiger partial charge in [0.2, 0.25) is 5.91 Å². The molecule has 2 heterocycles. The Kier molecular flexibility index (Phi) is 8.81. The van der Waals surface area contributed by atoms with E-state index in [4.69, 9.17) is 4.74 Å². The molecule has 39 heavy (non-hydrogen) atoms. The number of halogens is 1. The second-order valence-electron chi connectivity index (χ2n) is 10.2. The fraction of sp³-hybridized carbons (Fsp3) is 0.312. The molecule has 0 bridgehead atoms. The lowest BCUT2D eigenvalue weighted by Gasteiger charge is -2.34. The summed E-state index contributed by atoms with van der Waals surface area (Å²) in [4.78, 5) is 23.5. The minimum absolute atomic E-state index is 0.0952. The van der Waals surface area contributed by atoms with Gasteiger partial charge in [0.1, 0.15) is 18.2 Å². The van der Waals surface area contributed by atoms with Gasteiger partial charge in [-0.3, -0.25) is 19.6 Å². The molecule has 1 amide bonds. The monoisotopic (exact) mass is 526 g/mol. The van der Waals surface area contributed by atoms with Crippen LogP contribution in [0, 0.1) is 5.82 Å². The molecule has 1 aromatic heterocycles. The summed E-state index contributed by atoms with van der Waals surface area (Å²) in [6.07, 6.45) is 2.14. The number of carbonyl (C=O) groups is 1. The first-order valence-corrected chi connectivity index (χ1v) is 13.5. The third-order valence-electron chi connectivity index (χ3n) is 7.17. The molecule has 4 aromatic rings. The number of piperazine rings is 1. The Balaban J connectivity index is 1.00. The van der Waals surface area contributed by atoms with Crippen molar-refractivity contribution in [1.82, 2.24) is 19.7 Å². The summed E-state index contributed by atoms with van der Waals surface area (Å²) in [5, 5.41) is 1.17. The summed E-state index contributed by atoms with van der Waals surface area (Å²) >= 11 is 0. The summed E-state index contributed by atoms with van der Waals surface area (Å²) in [6, 6.07) is 25.0. The van der Waals surface area contributed by atoms with Crippen LogP contribution >= 0.6 is 0 Å². The number of fused-ring (bicyclic) bond motifs is 1. The van der Waals surface area contributed by atoms with Crippen molar-refractivity contribution in [2.24, 2.45) is 0 Å². The van der Waals surface area contributed by atoms with E-state index >= 15 is 0 Å². The molecule has 1 aliphatic rings. The number of carbonyl (C=O) groups excluding carboxylic acids is 1. The molecule has 1 fully saturated rings. The maximum absolute atomic E-state index is 13.1. The molecule has 3 aromatic carbocycles. The van der Waals surface area contributed by atoms with Crippen molar-refractivity contribution in [3.63, 3.8) is 0 Å². The molecule has 1 saturated heterocycles. The number of pyridine rings is 1. The number of benzene rings is 3. The standard InChI is InChI=1S/C32H35FN4O2/c1-35(24-27-8-13-31-28(21-27)3-2-14-34-31)23-26-6-11-30(12-7-26)39-20-19-36-15-17-37(18-16-36)32(38)22-25-4-9-29(33)10-5-25/h2-14,21H,15-20,22-24H2,1H3. The van der Waals surface area contributed by atoms with Gasteiger partial charge >= 0.3 is 0 Å². The normalized spacial score (nSPS) is 14.2. The molecule has 7 heteroatoms. The summed E-state index contributed by atoms with van der Waals surface area (Å²) < 4.78 is 19.1. The first-order valence-electron chi connectivity index (χ1n) is 13.5. The minimum Gasteiger partial charge on any atom is -0.492 e. The Morgan fingerprint density at radius 1 is 0.897 bits per heavy atom. The maximum Gasteiger partial charge on any atom is 0.227 e. The van der Waals surface area contributed by atoms with Crippen LogP contribution in [0.1, 0.15) is 16.7 Å². The number of amides is 1. The predicted molar refractivity (Wildman–Crippen MR) is 152 cm³/mol. The van der Waals surface area contributed by atoms with Crippen LogP contribution in [0.3, 0.4) is 0 Å². The van der Waals surface area contributed by atoms with E-state index in [1.807, 2.05) is 29.3 Å². The molecule has 0 atom stereocenters. The van der Waals surface area contributed by atoms with Gasteiger partial charge in [-0.1, -0.05) is 36.4 Å². The average Bonchev–Trinajstić information content (AvgIpc) is 2.95. The maximum atomic E-state index is 13.1. The van der Waals surface area contributed by atoms with E-state index < -0.39 is 0 Å². The van der Waals surface area contributed by atoms with Crippen molar-refractivity contribution < 1.29 is 13.9 Å². The van der Waals surface area contributed by atoms with Crippen molar-refractivity contribution >= 4 is 16.8 Å². The molecule has 0 aliphatic carbocycles. The minimum atomic E-state index is -0.281. The predicted octanol–water partition coefficient (Wildman–Crippen LogP) is 4.77. The van der Waals surface area contributed by atoms with E-state index in [1.54, 1.807) is 12.1 Å². The Labute approximate surface area is 229 Å². The molecule has 0 N–H and O–H groups in total. The van der Waals surface area contributed by atoms with Crippen LogP contribution in [0.15, 0.2) is 85.1 Å². The van der Waals surface area contributed by atoms with Crippen LogP contribution in [-0.4, -0.2) is 72.0 Å². The van der Waals surface area contributed by atoms with Crippen molar-refractivity contribution in [2.75, 3.05) is 46.4 Å². The molecule has 6 nitrogen and oxygen atoms in total. The lowest BCUT2D eigenvalue weighted by molar-refractivity contribution is -0.132. The molecular formula is C32H35FN4O2. The van der Waals surface area contributed by atoms with E-state index in [0.29, 0.717) is 26.1 Å². The summed E-state index contributed by atoms with van der Waals surface area (Å²) in [7, 11) is 2.13. The van der Waals surface area contributed by atoms with Crippen LogP contribution < -0.4 is 4.74 Å². The van der Waals surface area contributed by atoms with Crippen molar-refractivity contribution in [3.8, 4) is 5.75 Å². The summed E-state index contributed by atoms with van der Waals surface area (Å²) in [5.41, 5.74) is 4.39. The highest BCUT2D eigenvalue weighted by Crippen LogP contribution is 2.17. The van der Waals surface area contributed by atoms with Gasteiger partial charge in [0.25, 0.3) is 0 Å². The summed E-state index contributed by atoms with van der Waals surface area (Å²) in [6.45, 7) is 6.24. The SMILES string of the molecule is CN(Cc1ccc(OCCN2CCN(C(=O)Cc3ccc(F)cc3)CC2)cc1)Cc1ccc2ncccc2c1. The van der Waals surface area contributed by atoms with E-state index in [0.717, 1.165) is 49.6 Å². The highest BCUT2D eigenvalue weighted by Gasteiger charge is 2.21. The smallest absolute Gasteiger partial charge is 0.227 e. The van der Waals surface area contributed by atoms with Crippen LogP contribution in [-0.2, 0) is 24.3 Å². The first kappa shape index (κ1) is 26.8. The van der Waals surface area contributed by atoms with Crippen LogP contribution in [0.4, 0.5) is 4.39 Å². The fourth-order valence-electron chi connectivity index (χ4n) is 5.00. The highest BCUT2D eigenvalue weighted by atomic mass is 19.1. The van der Waals surface area contributed by atoms with Crippen LogP contribution in [0.25, 0.3) is 10.9 Å². The zero-order valence-electron chi connectivity index (χ0n) is 22.4. The first-order chi connectivity index (χ1) is 19.0. The van der Waals surface area contributed by atoms with Gasteiger partial charge in [-0.25, -0.2) is 4.39 Å². The third kappa shape index (κ3) is 7.62. The summed E-state index contributed by atoms with van der Waals surface area (Å²) in [5.74, 6) is 0.686. The van der Waals surface area contributed by atoms with Crippen molar-refractivity contribution in [2.45, 2.75) is 19.5 Å². The fourth-order valence-corrected chi connectivity index (χ4v) is 5.00. The molecule has 202 valence electrons. The van der Waals surface area contributed by atoms with Gasteiger partial charge in [0, 0.05) is 57.4 Å². The largest absolute Gasteiger partial charge is 0.492 e. The molecule has 1 aliphatic heterocycles. The number of hydrogen-bond acceptors (Lipinski definition) is 5. The number of ether oxygens (including phenoxy) is 1. The Morgan fingerprint density at radius 3 is 2.36 bits per heavy atom. The van der Waals surface area contributed by atoms with Gasteiger partial charge in [0.05, 0.1) is 11.9 Å². The van der Waals surface area contributed by atoms with Gasteiger partial charge in [-0.2, -0.15) is 0 Å². The Morgan fingerprint density at radius 2 is 1.59 bits per heavy atom. The van der Waals surface area contributed by atoms with E-state index in [2.05, 4.69) is 58.2 Å². The van der Waals surface area contributed by atoms with Crippen molar-refractivity contribution in [3.05, 3.63) is 108 Å². The number of nitrogens with zero attached hydrogens (tertiary/aromatic N) is 4. The molecule has 5 rings (SSSR count). The number of hydrogen-bond donors (Lipinski definition) is 0. The zero-order chi connectivity index (χ0) is 27.0. The van der Waals surface area contributed by atoms with E-state index in [1.165, 1.54) is 28.6 Å². The second-order valence-corrected chi connectivity index (χ2v) is 10.2. The van der Waals surface area contributed by atoms with Gasteiger partial charge in [0.15, 0.2) is 0 Å². The molecule has 0 radical (unpaired) electrons. The number of rotatable bonds is 10. The van der Waals surface area contributed by atoms with Gasteiger partial charge in [-0.15, -0.1) is 0 Å². The molecule has 0 spiro atoms. The zero-order valence-corrected chi connectivity index (χ0v) is 22.4.